The number of carbonyl (C=O) groups excluding carboxylic acids is 2. The number of pyridine rings is 1. The summed E-state index contributed by atoms with van der Waals surface area (Å²) >= 11 is 0. The number of rotatable bonds is 7. The van der Waals surface area contributed by atoms with Gasteiger partial charge in [0.2, 0.25) is 11.8 Å². The van der Waals surface area contributed by atoms with Gasteiger partial charge in [-0.15, -0.1) is 0 Å². The Hall–Kier alpha value is -3.08. The molecule has 2 amide bonds. The molecule has 4 unspecified atom stereocenters. The van der Waals surface area contributed by atoms with Gasteiger partial charge < -0.3 is 15.8 Å². The molecule has 5 rings (SSSR count). The maximum Gasteiger partial charge on any atom is 0.234 e. The van der Waals surface area contributed by atoms with Crippen LogP contribution in [-0.4, -0.2) is 53.5 Å². The molecule has 10 heteroatoms. The Balaban J connectivity index is 1.24. The third-order valence-electron chi connectivity index (χ3n) is 8.42. The second kappa shape index (κ2) is 11.3. The normalized spacial score (nSPS) is 29.4. The number of aromatic nitrogens is 1. The molecule has 1 aliphatic carbocycles. The summed E-state index contributed by atoms with van der Waals surface area (Å²) in [5, 5.41) is 3.24. The Kier molecular flexibility index (Phi) is 7.92. The van der Waals surface area contributed by atoms with Crippen molar-refractivity contribution in [3.05, 3.63) is 59.2 Å². The monoisotopic (exact) mass is 524 g/mol. The van der Waals surface area contributed by atoms with Gasteiger partial charge in [0, 0.05) is 48.5 Å². The van der Waals surface area contributed by atoms with E-state index in [1.54, 1.807) is 12.1 Å². The van der Waals surface area contributed by atoms with E-state index in [0.29, 0.717) is 42.7 Å². The Morgan fingerprint density at radius 2 is 2.05 bits per heavy atom. The summed E-state index contributed by atoms with van der Waals surface area (Å²) in [4.78, 5) is 31.8. The van der Waals surface area contributed by atoms with Gasteiger partial charge in [-0.1, -0.05) is 6.07 Å². The van der Waals surface area contributed by atoms with E-state index < -0.39 is 17.8 Å². The third-order valence-corrected chi connectivity index (χ3v) is 8.42. The zero-order chi connectivity index (χ0) is 26.8. The van der Waals surface area contributed by atoms with Crippen molar-refractivity contribution < 1.29 is 18.7 Å². The SMILES string of the molecule is COc1cccc(F)c1CN1C[C@H](NC(=O)C2CCC3NNC(c4ccnc(C)c4)C3C2)CC[C@H]1C(N)=O. The number of ether oxygens (including phenoxy) is 1. The molecule has 5 N–H and O–H groups in total. The number of amides is 2. The molecule has 0 spiro atoms. The van der Waals surface area contributed by atoms with Crippen molar-refractivity contribution in [2.45, 2.75) is 69.7 Å². The van der Waals surface area contributed by atoms with E-state index in [4.69, 9.17) is 10.5 Å². The number of benzene rings is 1. The Labute approximate surface area is 222 Å². The molecule has 3 heterocycles. The van der Waals surface area contributed by atoms with Crippen molar-refractivity contribution >= 4 is 11.8 Å². The highest BCUT2D eigenvalue weighted by Gasteiger charge is 2.43. The van der Waals surface area contributed by atoms with Crippen LogP contribution in [0.4, 0.5) is 4.39 Å². The van der Waals surface area contributed by atoms with E-state index in [-0.39, 0.29) is 30.5 Å². The molecule has 2 saturated heterocycles. The minimum absolute atomic E-state index is 0.0472. The lowest BCUT2D eigenvalue weighted by atomic mass is 9.74. The summed E-state index contributed by atoms with van der Waals surface area (Å²) in [6, 6.07) is 8.59. The van der Waals surface area contributed by atoms with Gasteiger partial charge >= 0.3 is 0 Å². The van der Waals surface area contributed by atoms with Crippen LogP contribution in [0.2, 0.25) is 0 Å². The minimum Gasteiger partial charge on any atom is -0.496 e. The molecule has 2 aliphatic heterocycles. The number of hydrogen-bond acceptors (Lipinski definition) is 7. The van der Waals surface area contributed by atoms with Crippen LogP contribution in [0.1, 0.15) is 55.0 Å². The number of nitrogens with two attached hydrogens (primary N) is 1. The number of methoxy groups -OCH3 is 1. The van der Waals surface area contributed by atoms with Gasteiger partial charge in [0.25, 0.3) is 0 Å². The molecule has 0 bridgehead atoms. The molecule has 3 aliphatic rings. The number of nitrogens with zero attached hydrogens (tertiary/aromatic N) is 2. The summed E-state index contributed by atoms with van der Waals surface area (Å²) in [5.41, 5.74) is 15.1. The first kappa shape index (κ1) is 26.5. The van der Waals surface area contributed by atoms with Gasteiger partial charge in [0.15, 0.2) is 0 Å². The van der Waals surface area contributed by atoms with Gasteiger partial charge in [-0.3, -0.25) is 24.9 Å². The lowest BCUT2D eigenvalue weighted by Crippen LogP contribution is -2.56. The quantitative estimate of drug-likeness (QED) is 0.438. The number of halogens is 1. The first-order chi connectivity index (χ1) is 18.3. The fourth-order valence-electron chi connectivity index (χ4n) is 6.45. The third kappa shape index (κ3) is 5.52. The molecule has 1 aromatic carbocycles. The molecule has 2 aromatic rings. The topological polar surface area (TPSA) is 122 Å². The molecular weight excluding hydrogens is 487 g/mol. The number of carbonyl (C=O) groups is 2. The van der Waals surface area contributed by atoms with E-state index in [9.17, 15) is 14.0 Å². The standard InChI is InChI=1S/C28H37FN6O3/c1-16-12-17(10-11-31-16)26-20-13-18(6-8-23(20)33-34-26)28(37)32-19-7-9-24(27(30)36)35(14-19)15-21-22(29)4-3-5-25(21)38-2/h3-5,10-12,18-20,23-24,26,33-34H,6-9,13-15H2,1-2H3,(H2,30,36)(H,32,37)/t18?,19-,20?,23?,24+,26?/m1/s1. The average Bonchev–Trinajstić information content (AvgIpc) is 3.33. The van der Waals surface area contributed by atoms with Gasteiger partial charge in [0.1, 0.15) is 11.6 Å². The van der Waals surface area contributed by atoms with Crippen molar-refractivity contribution in [2.75, 3.05) is 13.7 Å². The number of hydrogen-bond donors (Lipinski definition) is 4. The van der Waals surface area contributed by atoms with Crippen LogP contribution in [-0.2, 0) is 16.1 Å². The number of piperidine rings is 1. The zero-order valence-electron chi connectivity index (χ0n) is 22.0. The summed E-state index contributed by atoms with van der Waals surface area (Å²) in [6.45, 7) is 2.57. The van der Waals surface area contributed by atoms with Crippen LogP contribution < -0.4 is 26.6 Å². The van der Waals surface area contributed by atoms with Crippen molar-refractivity contribution in [3.63, 3.8) is 0 Å². The van der Waals surface area contributed by atoms with E-state index >= 15 is 0 Å². The number of fused-ring (bicyclic) bond motifs is 1. The summed E-state index contributed by atoms with van der Waals surface area (Å²) in [6.07, 6.45) is 5.50. The first-order valence-corrected chi connectivity index (χ1v) is 13.4. The summed E-state index contributed by atoms with van der Waals surface area (Å²) in [7, 11) is 1.49. The lowest BCUT2D eigenvalue weighted by Gasteiger charge is -2.39. The van der Waals surface area contributed by atoms with Gasteiger partial charge in [-0.05, 0) is 74.8 Å². The van der Waals surface area contributed by atoms with Crippen LogP contribution in [0, 0.1) is 24.6 Å². The maximum atomic E-state index is 14.6. The highest BCUT2D eigenvalue weighted by atomic mass is 19.1. The number of hydrazine groups is 1. The summed E-state index contributed by atoms with van der Waals surface area (Å²) in [5.74, 6) is -0.149. The summed E-state index contributed by atoms with van der Waals surface area (Å²) < 4.78 is 20.0. The molecule has 1 aromatic heterocycles. The zero-order valence-corrected chi connectivity index (χ0v) is 22.0. The van der Waals surface area contributed by atoms with Crippen molar-refractivity contribution in [3.8, 4) is 5.75 Å². The maximum absolute atomic E-state index is 14.6. The predicted molar refractivity (Wildman–Crippen MR) is 140 cm³/mol. The van der Waals surface area contributed by atoms with Crippen LogP contribution in [0.5, 0.6) is 5.75 Å². The smallest absolute Gasteiger partial charge is 0.234 e. The van der Waals surface area contributed by atoms with Crippen molar-refractivity contribution in [1.82, 2.24) is 26.1 Å². The molecule has 1 saturated carbocycles. The average molecular weight is 525 g/mol. The Bertz CT molecular complexity index is 1180. The number of aryl methyl sites for hydroxylation is 1. The van der Waals surface area contributed by atoms with E-state index in [1.807, 2.05) is 24.1 Å². The van der Waals surface area contributed by atoms with Gasteiger partial charge in [-0.25, -0.2) is 9.82 Å². The molecule has 204 valence electrons. The molecule has 38 heavy (non-hydrogen) atoms. The van der Waals surface area contributed by atoms with E-state index in [1.165, 1.54) is 18.7 Å². The Morgan fingerprint density at radius 1 is 1.21 bits per heavy atom. The van der Waals surface area contributed by atoms with Gasteiger partial charge in [-0.2, -0.15) is 0 Å². The molecule has 9 nitrogen and oxygen atoms in total. The van der Waals surface area contributed by atoms with Crippen LogP contribution in [0.15, 0.2) is 36.5 Å². The van der Waals surface area contributed by atoms with E-state index in [2.05, 4.69) is 27.2 Å². The molecule has 6 atom stereocenters. The van der Waals surface area contributed by atoms with Crippen molar-refractivity contribution in [1.29, 1.82) is 0 Å². The second-order valence-electron chi connectivity index (χ2n) is 10.8. The largest absolute Gasteiger partial charge is 0.496 e. The highest BCUT2D eigenvalue weighted by Crippen LogP contribution is 2.40. The fraction of sp³-hybridized carbons (Fsp3) is 0.536. The lowest BCUT2D eigenvalue weighted by molar-refractivity contribution is -0.128. The minimum atomic E-state index is -0.525. The molecule has 0 radical (unpaired) electrons. The van der Waals surface area contributed by atoms with Crippen LogP contribution >= 0.6 is 0 Å². The number of likely N-dealkylation sites (tertiary alicyclic amines) is 1. The second-order valence-corrected chi connectivity index (χ2v) is 10.8. The van der Waals surface area contributed by atoms with E-state index in [0.717, 1.165) is 25.0 Å². The molecular formula is C28H37FN6O3. The number of primary amides is 1. The fourth-order valence-corrected chi connectivity index (χ4v) is 6.45. The van der Waals surface area contributed by atoms with Crippen molar-refractivity contribution in [2.24, 2.45) is 17.6 Å². The van der Waals surface area contributed by atoms with Gasteiger partial charge in [0.05, 0.1) is 19.2 Å². The van der Waals surface area contributed by atoms with Crippen LogP contribution in [0.25, 0.3) is 0 Å². The Morgan fingerprint density at radius 3 is 2.82 bits per heavy atom. The van der Waals surface area contributed by atoms with Crippen LogP contribution in [0.3, 0.4) is 0 Å². The highest BCUT2D eigenvalue weighted by molar-refractivity contribution is 5.81. The predicted octanol–water partition coefficient (Wildman–Crippen LogP) is 2.11. The first-order valence-electron chi connectivity index (χ1n) is 13.4. The molecule has 3 fully saturated rings. The number of nitrogens with one attached hydrogen (secondary N) is 3.